The third-order valence-electron chi connectivity index (χ3n) is 2.36. The average Bonchev–Trinajstić information content (AvgIpc) is 2.63. The summed E-state index contributed by atoms with van der Waals surface area (Å²) in [4.78, 5) is 0. The van der Waals surface area contributed by atoms with Gasteiger partial charge < -0.3 is 10.3 Å². The first-order valence-electron chi connectivity index (χ1n) is 4.79. The third kappa shape index (κ3) is 2.11. The molecule has 0 bridgehead atoms. The zero-order valence-corrected chi connectivity index (χ0v) is 8.88. The van der Waals surface area contributed by atoms with Crippen molar-refractivity contribution in [3.05, 3.63) is 35.4 Å². The van der Waals surface area contributed by atoms with Gasteiger partial charge in [0.2, 0.25) is 5.88 Å². The van der Waals surface area contributed by atoms with Crippen LogP contribution in [-0.2, 0) is 6.18 Å². The van der Waals surface area contributed by atoms with Crippen LogP contribution in [0.5, 0.6) is 0 Å². The van der Waals surface area contributed by atoms with Gasteiger partial charge in [0.15, 0.2) is 0 Å². The molecule has 2 aromatic rings. The topological polar surface area (TPSA) is 52.0 Å². The molecule has 0 aliphatic carbocycles. The average molecular weight is 242 g/mol. The molecule has 0 spiro atoms. The van der Waals surface area contributed by atoms with Gasteiger partial charge in [-0.2, -0.15) is 13.2 Å². The van der Waals surface area contributed by atoms with Crippen LogP contribution in [0, 0.1) is 6.92 Å². The Kier molecular flexibility index (Phi) is 2.57. The summed E-state index contributed by atoms with van der Waals surface area (Å²) in [6.45, 7) is 1.58. The van der Waals surface area contributed by atoms with E-state index in [1.807, 2.05) is 0 Å². The molecule has 1 aromatic heterocycles. The van der Waals surface area contributed by atoms with Crippen LogP contribution in [-0.4, -0.2) is 5.16 Å². The fourth-order valence-corrected chi connectivity index (χ4v) is 1.65. The van der Waals surface area contributed by atoms with Crippen molar-refractivity contribution in [1.82, 2.24) is 5.16 Å². The predicted molar refractivity (Wildman–Crippen MR) is 56.1 cm³/mol. The van der Waals surface area contributed by atoms with Crippen LogP contribution in [0.4, 0.5) is 19.1 Å². The molecule has 0 saturated heterocycles. The Hall–Kier alpha value is -1.98. The quantitative estimate of drug-likeness (QED) is 0.835. The van der Waals surface area contributed by atoms with E-state index in [1.165, 1.54) is 12.1 Å². The lowest BCUT2D eigenvalue weighted by molar-refractivity contribution is -0.137. The van der Waals surface area contributed by atoms with Crippen molar-refractivity contribution in [2.75, 3.05) is 5.73 Å². The molecule has 0 aliphatic rings. The van der Waals surface area contributed by atoms with Crippen molar-refractivity contribution in [2.45, 2.75) is 13.1 Å². The van der Waals surface area contributed by atoms with E-state index in [2.05, 4.69) is 9.68 Å². The molecule has 0 atom stereocenters. The van der Waals surface area contributed by atoms with Gasteiger partial charge in [-0.15, -0.1) is 0 Å². The Morgan fingerprint density at radius 3 is 2.53 bits per heavy atom. The second-order valence-corrected chi connectivity index (χ2v) is 3.61. The molecule has 2 rings (SSSR count). The Balaban J connectivity index is 2.67. The highest BCUT2D eigenvalue weighted by Gasteiger charge is 2.34. The molecule has 0 amide bonds. The van der Waals surface area contributed by atoms with Crippen LogP contribution in [0.15, 0.2) is 28.8 Å². The maximum absolute atomic E-state index is 12.8. The van der Waals surface area contributed by atoms with Gasteiger partial charge in [-0.3, -0.25) is 0 Å². The summed E-state index contributed by atoms with van der Waals surface area (Å²) in [5.74, 6) is -0.0172. The van der Waals surface area contributed by atoms with E-state index in [4.69, 9.17) is 5.73 Å². The molecule has 6 heteroatoms. The molecular formula is C11H9F3N2O. The Labute approximate surface area is 95.0 Å². The highest BCUT2D eigenvalue weighted by atomic mass is 19.4. The minimum absolute atomic E-state index is 0.000417. The van der Waals surface area contributed by atoms with Crippen LogP contribution in [0.2, 0.25) is 0 Å². The number of benzene rings is 1. The normalized spacial score (nSPS) is 11.8. The minimum Gasteiger partial charge on any atom is -0.368 e. The molecular weight excluding hydrogens is 233 g/mol. The van der Waals surface area contributed by atoms with Crippen molar-refractivity contribution in [3.8, 4) is 11.3 Å². The van der Waals surface area contributed by atoms with Crippen molar-refractivity contribution in [1.29, 1.82) is 0 Å². The fraction of sp³-hybridized carbons (Fsp3) is 0.182. The number of nitrogens with zero attached hydrogens (tertiary/aromatic N) is 1. The number of alkyl halides is 3. The largest absolute Gasteiger partial charge is 0.417 e. The van der Waals surface area contributed by atoms with Gasteiger partial charge in [0.05, 0.1) is 5.56 Å². The van der Waals surface area contributed by atoms with Gasteiger partial charge >= 0.3 is 6.18 Å². The fourth-order valence-electron chi connectivity index (χ4n) is 1.65. The smallest absolute Gasteiger partial charge is 0.368 e. The molecule has 0 saturated carbocycles. The SMILES string of the molecule is Cc1cccc(C(F)(F)F)c1-c1cc(N)on1. The second-order valence-electron chi connectivity index (χ2n) is 3.61. The number of halogens is 3. The number of aromatic nitrogens is 1. The van der Waals surface area contributed by atoms with E-state index in [1.54, 1.807) is 13.0 Å². The molecule has 2 N–H and O–H groups in total. The third-order valence-corrected chi connectivity index (χ3v) is 2.36. The highest BCUT2D eigenvalue weighted by Crippen LogP contribution is 2.38. The zero-order chi connectivity index (χ0) is 12.6. The maximum atomic E-state index is 12.8. The maximum Gasteiger partial charge on any atom is 0.417 e. The molecule has 3 nitrogen and oxygen atoms in total. The van der Waals surface area contributed by atoms with Crippen LogP contribution >= 0.6 is 0 Å². The van der Waals surface area contributed by atoms with Crippen molar-refractivity contribution < 1.29 is 17.7 Å². The van der Waals surface area contributed by atoms with E-state index in [9.17, 15) is 13.2 Å². The van der Waals surface area contributed by atoms with E-state index in [0.717, 1.165) is 6.07 Å². The summed E-state index contributed by atoms with van der Waals surface area (Å²) >= 11 is 0. The molecule has 1 aromatic carbocycles. The first kappa shape index (κ1) is 11.5. The van der Waals surface area contributed by atoms with Gasteiger partial charge in [0.25, 0.3) is 0 Å². The summed E-state index contributed by atoms with van der Waals surface area (Å²) in [5.41, 5.74) is 5.13. The Morgan fingerprint density at radius 1 is 1.29 bits per heavy atom. The predicted octanol–water partition coefficient (Wildman–Crippen LogP) is 3.25. The van der Waals surface area contributed by atoms with E-state index in [0.29, 0.717) is 5.56 Å². The number of hydrogen-bond acceptors (Lipinski definition) is 3. The summed E-state index contributed by atoms with van der Waals surface area (Å²) in [6, 6.07) is 5.21. The minimum atomic E-state index is -4.44. The first-order valence-corrected chi connectivity index (χ1v) is 4.79. The van der Waals surface area contributed by atoms with Crippen molar-refractivity contribution in [3.63, 3.8) is 0 Å². The van der Waals surface area contributed by atoms with Crippen molar-refractivity contribution >= 4 is 5.88 Å². The van der Waals surface area contributed by atoms with Gasteiger partial charge in [-0.1, -0.05) is 17.3 Å². The molecule has 0 unspecified atom stereocenters. The molecule has 17 heavy (non-hydrogen) atoms. The lowest BCUT2D eigenvalue weighted by atomic mass is 9.99. The first-order chi connectivity index (χ1) is 7.89. The number of hydrogen-bond donors (Lipinski definition) is 1. The van der Waals surface area contributed by atoms with Crippen LogP contribution < -0.4 is 5.73 Å². The van der Waals surface area contributed by atoms with E-state index < -0.39 is 11.7 Å². The summed E-state index contributed by atoms with van der Waals surface area (Å²) in [6.07, 6.45) is -4.44. The Morgan fingerprint density at radius 2 is 2.00 bits per heavy atom. The number of aryl methyl sites for hydroxylation is 1. The monoisotopic (exact) mass is 242 g/mol. The molecule has 1 heterocycles. The second kappa shape index (κ2) is 3.80. The van der Waals surface area contributed by atoms with Gasteiger partial charge in [-0.25, -0.2) is 0 Å². The van der Waals surface area contributed by atoms with E-state index in [-0.39, 0.29) is 17.1 Å². The number of nitrogen functional groups attached to an aromatic ring is 1. The summed E-state index contributed by atoms with van der Waals surface area (Å²) < 4.78 is 43.1. The zero-order valence-electron chi connectivity index (χ0n) is 8.88. The number of nitrogens with two attached hydrogens (primary N) is 1. The summed E-state index contributed by atoms with van der Waals surface area (Å²) in [5, 5.41) is 3.52. The van der Waals surface area contributed by atoms with Crippen LogP contribution in [0.3, 0.4) is 0 Å². The van der Waals surface area contributed by atoms with Gasteiger partial charge in [0, 0.05) is 11.6 Å². The van der Waals surface area contributed by atoms with Crippen molar-refractivity contribution in [2.24, 2.45) is 0 Å². The number of rotatable bonds is 1. The highest BCUT2D eigenvalue weighted by molar-refractivity contribution is 5.69. The molecule has 0 aliphatic heterocycles. The number of anilines is 1. The van der Waals surface area contributed by atoms with Crippen LogP contribution in [0.1, 0.15) is 11.1 Å². The van der Waals surface area contributed by atoms with Gasteiger partial charge in [0.1, 0.15) is 5.69 Å². The Bertz CT molecular complexity index is 546. The standard InChI is InChI=1S/C11H9F3N2O/c1-6-3-2-4-7(11(12,13)14)10(6)8-5-9(15)17-16-8/h2-5H,15H2,1H3. The van der Waals surface area contributed by atoms with E-state index >= 15 is 0 Å². The summed E-state index contributed by atoms with van der Waals surface area (Å²) in [7, 11) is 0. The molecule has 0 fully saturated rings. The lowest BCUT2D eigenvalue weighted by Gasteiger charge is -2.12. The van der Waals surface area contributed by atoms with Crippen LogP contribution in [0.25, 0.3) is 11.3 Å². The molecule has 0 radical (unpaired) electrons. The lowest BCUT2D eigenvalue weighted by Crippen LogP contribution is -2.08. The van der Waals surface area contributed by atoms with Gasteiger partial charge in [-0.05, 0) is 18.6 Å². The molecule has 90 valence electrons.